The van der Waals surface area contributed by atoms with Crippen LogP contribution in [0.15, 0.2) is 350 Å². The number of benzene rings is 13. The number of nitrogens with one attached hydrogen (secondary N) is 1. The maximum atomic E-state index is 5.24. The third-order valence-electron chi connectivity index (χ3n) is 16.6. The highest BCUT2D eigenvalue weighted by Gasteiger charge is 2.23. The van der Waals surface area contributed by atoms with E-state index in [0.29, 0.717) is 23.3 Å². The molecule has 1 N–H and O–H groups in total. The van der Waals surface area contributed by atoms with Crippen LogP contribution in [0.4, 0.5) is 0 Å². The van der Waals surface area contributed by atoms with Crippen LogP contribution in [0.2, 0.25) is 0 Å². The van der Waals surface area contributed by atoms with Crippen molar-refractivity contribution >= 4 is 11.7 Å². The van der Waals surface area contributed by atoms with Crippen molar-refractivity contribution < 1.29 is 0 Å². The summed E-state index contributed by atoms with van der Waals surface area (Å²) in [7, 11) is 0. The Morgan fingerprint density at radius 1 is 0.200 bits per heavy atom. The Morgan fingerprint density at radius 2 is 0.444 bits per heavy atom. The number of aromatic nitrogens is 3. The number of amidine groups is 2. The lowest BCUT2D eigenvalue weighted by Gasteiger charge is -2.24. The van der Waals surface area contributed by atoms with Gasteiger partial charge in [0.25, 0.3) is 0 Å². The van der Waals surface area contributed by atoms with Gasteiger partial charge in [0.05, 0.1) is 0 Å². The molecule has 424 valence electrons. The Kier molecular flexibility index (Phi) is 15.0. The van der Waals surface area contributed by atoms with Crippen LogP contribution in [0.25, 0.3) is 123 Å². The molecule has 1 unspecified atom stereocenters. The summed E-state index contributed by atoms with van der Waals surface area (Å²) in [5.41, 5.74) is 23.8. The second kappa shape index (κ2) is 24.8. The standard InChI is InChI=1S/C84H58N6/c1-5-18-57(19-6-1)61-36-44-65(45-37-61)79-85-80(66-46-38-62(39-47-66)58-20-7-2-8-21-58)88-83(87-79)77-34-16-32-75(55-77)73-30-14-28-71(53-73)69-26-13-27-70(52-69)72-29-15-31-74(54-72)76-33-17-35-78(56-76)84-89-81(67-48-40-63(41-49-67)59-22-9-3-10-23-59)86-82(90-84)68-50-42-64(43-51-68)60-24-11-4-12-25-60/h1-56,79H,(H,85,87,88). The maximum absolute atomic E-state index is 5.24. The van der Waals surface area contributed by atoms with Crippen LogP contribution in [0.3, 0.4) is 0 Å². The molecule has 15 rings (SSSR count). The molecular formula is C84H58N6. The van der Waals surface area contributed by atoms with Crippen molar-refractivity contribution in [3.8, 4) is 123 Å². The van der Waals surface area contributed by atoms with E-state index in [0.717, 1.165) is 117 Å². The molecule has 0 fully saturated rings. The Hall–Kier alpha value is -12.0. The van der Waals surface area contributed by atoms with E-state index >= 15 is 0 Å². The fourth-order valence-electron chi connectivity index (χ4n) is 11.8. The third-order valence-corrected chi connectivity index (χ3v) is 16.6. The highest BCUT2D eigenvalue weighted by atomic mass is 15.2. The van der Waals surface area contributed by atoms with Gasteiger partial charge in [-0.25, -0.2) is 24.9 Å². The molecule has 6 heteroatoms. The Balaban J connectivity index is 0.708. The summed E-state index contributed by atoms with van der Waals surface area (Å²) in [6.45, 7) is 0. The highest BCUT2D eigenvalue weighted by Crippen LogP contribution is 2.36. The minimum atomic E-state index is -0.356. The molecule has 0 radical (unpaired) electrons. The predicted octanol–water partition coefficient (Wildman–Crippen LogP) is 20.7. The van der Waals surface area contributed by atoms with Gasteiger partial charge in [-0.2, -0.15) is 0 Å². The van der Waals surface area contributed by atoms with Crippen LogP contribution in [-0.4, -0.2) is 26.6 Å². The van der Waals surface area contributed by atoms with Gasteiger partial charge in [0.1, 0.15) is 12.0 Å². The zero-order valence-corrected chi connectivity index (χ0v) is 49.1. The molecule has 2 heterocycles. The Bertz CT molecular complexity index is 4810. The lowest BCUT2D eigenvalue weighted by atomic mass is 9.94. The molecule has 14 aromatic rings. The topological polar surface area (TPSA) is 75.4 Å². The largest absolute Gasteiger partial charge is 0.344 e. The van der Waals surface area contributed by atoms with E-state index in [2.05, 4.69) is 321 Å². The zero-order valence-electron chi connectivity index (χ0n) is 49.1. The van der Waals surface area contributed by atoms with Crippen molar-refractivity contribution in [1.82, 2.24) is 20.3 Å². The summed E-state index contributed by atoms with van der Waals surface area (Å²) in [6, 6.07) is 119. The van der Waals surface area contributed by atoms with Crippen molar-refractivity contribution in [3.05, 3.63) is 356 Å². The molecule has 1 aliphatic heterocycles. The minimum absolute atomic E-state index is 0.356. The van der Waals surface area contributed by atoms with E-state index in [1.807, 2.05) is 24.3 Å². The summed E-state index contributed by atoms with van der Waals surface area (Å²) in [5.74, 6) is 3.27. The van der Waals surface area contributed by atoms with E-state index < -0.39 is 0 Å². The molecule has 0 saturated heterocycles. The quantitative estimate of drug-likeness (QED) is 0.118. The fourth-order valence-corrected chi connectivity index (χ4v) is 11.8. The molecule has 0 amide bonds. The van der Waals surface area contributed by atoms with Gasteiger partial charge >= 0.3 is 0 Å². The second-order valence-electron chi connectivity index (χ2n) is 22.5. The SMILES string of the molecule is c1ccc(-c2ccc(C3=NC(c4ccc(-c5ccccc5)cc4)NC(c4cccc(-c5cccc(-c6cccc(-c7cccc(-c8cccc(-c9nc(-c%10ccc(-c%11ccccc%11)cc%10)nc(-c%10ccc(-c%11ccccc%11)cc%10)n9)c8)c7)c6)c5)c4)=N3)cc2)cc1. The molecule has 1 aliphatic rings. The van der Waals surface area contributed by atoms with Crippen molar-refractivity contribution in [3.63, 3.8) is 0 Å². The van der Waals surface area contributed by atoms with Gasteiger partial charge in [0.2, 0.25) is 0 Å². The normalized spacial score (nSPS) is 12.8. The van der Waals surface area contributed by atoms with Gasteiger partial charge in [-0.3, -0.25) is 0 Å². The van der Waals surface area contributed by atoms with Crippen molar-refractivity contribution in [2.24, 2.45) is 9.98 Å². The molecule has 0 spiro atoms. The average Bonchev–Trinajstić information content (AvgIpc) is 3.80. The minimum Gasteiger partial charge on any atom is -0.344 e. The summed E-state index contributed by atoms with van der Waals surface area (Å²) in [6.07, 6.45) is -0.356. The van der Waals surface area contributed by atoms with Crippen molar-refractivity contribution in [2.75, 3.05) is 0 Å². The smallest absolute Gasteiger partial charge is 0.164 e. The first-order chi connectivity index (χ1) is 44.5. The first-order valence-electron chi connectivity index (χ1n) is 30.4. The van der Waals surface area contributed by atoms with Gasteiger partial charge in [0, 0.05) is 27.8 Å². The van der Waals surface area contributed by atoms with Crippen molar-refractivity contribution in [1.29, 1.82) is 0 Å². The summed E-state index contributed by atoms with van der Waals surface area (Å²) in [4.78, 5) is 25.9. The van der Waals surface area contributed by atoms with Crippen molar-refractivity contribution in [2.45, 2.75) is 6.17 Å². The molecule has 13 aromatic carbocycles. The molecule has 90 heavy (non-hydrogen) atoms. The predicted molar refractivity (Wildman–Crippen MR) is 371 cm³/mol. The number of hydrogen-bond acceptors (Lipinski definition) is 6. The van der Waals surface area contributed by atoms with Crippen LogP contribution < -0.4 is 5.32 Å². The van der Waals surface area contributed by atoms with Crippen LogP contribution >= 0.6 is 0 Å². The number of nitrogens with zero attached hydrogens (tertiary/aromatic N) is 5. The monoisotopic (exact) mass is 1150 g/mol. The lowest BCUT2D eigenvalue weighted by Crippen LogP contribution is -2.33. The highest BCUT2D eigenvalue weighted by molar-refractivity contribution is 6.13. The number of aliphatic imine (C=N–C) groups is 2. The lowest BCUT2D eigenvalue weighted by molar-refractivity contribution is 0.674. The summed E-state index contributed by atoms with van der Waals surface area (Å²) < 4.78 is 0. The first kappa shape index (κ1) is 54.6. The summed E-state index contributed by atoms with van der Waals surface area (Å²) >= 11 is 0. The molecule has 0 saturated carbocycles. The van der Waals surface area contributed by atoms with Crippen LogP contribution in [0.5, 0.6) is 0 Å². The van der Waals surface area contributed by atoms with Gasteiger partial charge in [0.15, 0.2) is 23.3 Å². The maximum Gasteiger partial charge on any atom is 0.164 e. The van der Waals surface area contributed by atoms with Crippen LogP contribution in [-0.2, 0) is 0 Å². The van der Waals surface area contributed by atoms with Crippen LogP contribution in [0.1, 0.15) is 22.9 Å². The third kappa shape index (κ3) is 11.8. The Labute approximate surface area is 524 Å². The summed E-state index contributed by atoms with van der Waals surface area (Å²) in [5, 5.41) is 3.72. The average molecular weight is 1150 g/mol. The van der Waals surface area contributed by atoms with Gasteiger partial charge in [-0.05, 0) is 125 Å². The number of rotatable bonds is 14. The molecule has 0 bridgehead atoms. The molecule has 1 atom stereocenters. The molecule has 0 aliphatic carbocycles. The molecular weight excluding hydrogens is 1090 g/mol. The number of hydrogen-bond donors (Lipinski definition) is 1. The molecule has 6 nitrogen and oxygen atoms in total. The fraction of sp³-hybridized carbons (Fsp3) is 0.0119. The van der Waals surface area contributed by atoms with Gasteiger partial charge in [-0.15, -0.1) is 0 Å². The first-order valence-corrected chi connectivity index (χ1v) is 30.4. The molecule has 1 aromatic heterocycles. The van der Waals surface area contributed by atoms with E-state index in [1.54, 1.807) is 0 Å². The second-order valence-corrected chi connectivity index (χ2v) is 22.5. The zero-order chi connectivity index (χ0) is 60.0. The van der Waals surface area contributed by atoms with E-state index in [9.17, 15) is 0 Å². The Morgan fingerprint density at radius 3 is 0.800 bits per heavy atom. The van der Waals surface area contributed by atoms with Gasteiger partial charge < -0.3 is 5.32 Å². The van der Waals surface area contributed by atoms with Crippen LogP contribution in [0, 0.1) is 0 Å². The van der Waals surface area contributed by atoms with E-state index in [-0.39, 0.29) is 6.17 Å². The van der Waals surface area contributed by atoms with Gasteiger partial charge in [-0.1, -0.05) is 309 Å². The van der Waals surface area contributed by atoms with E-state index in [1.165, 1.54) is 11.1 Å². The van der Waals surface area contributed by atoms with E-state index in [4.69, 9.17) is 24.9 Å².